The molecule has 0 aliphatic heterocycles. The maximum Gasteiger partial charge on any atom is 0.422 e. The summed E-state index contributed by atoms with van der Waals surface area (Å²) in [5.74, 6) is -1.78. The standard InChI is InChI=1S/C21H27F5/c1-2-3-4-5-6-15-7-9-16(10-8-15)11-12-17-13-18(22)20(19(23)14-17)21(24,25)26/h2,13-16H,1,3-12H2. The van der Waals surface area contributed by atoms with Gasteiger partial charge in [0.2, 0.25) is 0 Å². The van der Waals surface area contributed by atoms with Gasteiger partial charge in [0, 0.05) is 0 Å². The van der Waals surface area contributed by atoms with Crippen LogP contribution in [0.2, 0.25) is 0 Å². The van der Waals surface area contributed by atoms with Crippen LogP contribution in [-0.2, 0) is 12.6 Å². The van der Waals surface area contributed by atoms with Crippen LogP contribution in [0.3, 0.4) is 0 Å². The van der Waals surface area contributed by atoms with Gasteiger partial charge in [0.1, 0.15) is 17.2 Å². The van der Waals surface area contributed by atoms with E-state index in [1.165, 1.54) is 32.1 Å². The largest absolute Gasteiger partial charge is 0.422 e. The lowest BCUT2D eigenvalue weighted by molar-refractivity contribution is -0.142. The van der Waals surface area contributed by atoms with Crippen molar-refractivity contribution in [2.45, 2.75) is 70.4 Å². The number of hydrogen-bond acceptors (Lipinski definition) is 0. The summed E-state index contributed by atoms with van der Waals surface area (Å²) in [6.45, 7) is 3.73. The molecule has 0 atom stereocenters. The molecular weight excluding hydrogens is 347 g/mol. The van der Waals surface area contributed by atoms with Crippen LogP contribution in [0.4, 0.5) is 22.0 Å². The van der Waals surface area contributed by atoms with Crippen molar-refractivity contribution in [1.82, 2.24) is 0 Å². The fourth-order valence-electron chi connectivity index (χ4n) is 3.94. The minimum absolute atomic E-state index is 0.305. The number of halogens is 5. The molecule has 1 aromatic rings. The number of allylic oxidation sites excluding steroid dienone is 1. The maximum absolute atomic E-state index is 13.6. The zero-order valence-electron chi connectivity index (χ0n) is 15.1. The Bertz CT molecular complexity index is 560. The number of alkyl halides is 3. The Labute approximate surface area is 152 Å². The molecule has 0 unspecified atom stereocenters. The Morgan fingerprint density at radius 2 is 1.46 bits per heavy atom. The minimum Gasteiger partial charge on any atom is -0.206 e. The smallest absolute Gasteiger partial charge is 0.206 e. The van der Waals surface area contributed by atoms with E-state index in [-0.39, 0.29) is 0 Å². The highest BCUT2D eigenvalue weighted by Gasteiger charge is 2.37. The van der Waals surface area contributed by atoms with E-state index in [4.69, 9.17) is 0 Å². The first-order valence-electron chi connectivity index (χ1n) is 9.47. The third kappa shape index (κ3) is 6.10. The summed E-state index contributed by atoms with van der Waals surface area (Å²) in [6, 6.07) is 1.66. The SMILES string of the molecule is C=CCCCCC1CCC(CCc2cc(F)c(C(F)(F)F)c(F)c2)CC1. The van der Waals surface area contributed by atoms with Crippen molar-refractivity contribution < 1.29 is 22.0 Å². The fraction of sp³-hybridized carbons (Fsp3) is 0.619. The molecule has 26 heavy (non-hydrogen) atoms. The minimum atomic E-state index is -5.00. The lowest BCUT2D eigenvalue weighted by atomic mass is 9.77. The van der Waals surface area contributed by atoms with Crippen molar-refractivity contribution >= 4 is 0 Å². The van der Waals surface area contributed by atoms with Crippen molar-refractivity contribution in [2.24, 2.45) is 11.8 Å². The summed E-state index contributed by atoms with van der Waals surface area (Å²) < 4.78 is 65.1. The van der Waals surface area contributed by atoms with Gasteiger partial charge in [0.25, 0.3) is 0 Å². The molecule has 0 bridgehead atoms. The summed E-state index contributed by atoms with van der Waals surface area (Å²) in [5.41, 5.74) is -1.49. The molecule has 1 aromatic carbocycles. The van der Waals surface area contributed by atoms with Crippen LogP contribution in [-0.4, -0.2) is 0 Å². The lowest BCUT2D eigenvalue weighted by Gasteiger charge is -2.28. The van der Waals surface area contributed by atoms with Crippen LogP contribution in [0.1, 0.15) is 68.9 Å². The van der Waals surface area contributed by atoms with Gasteiger partial charge < -0.3 is 0 Å². The average Bonchev–Trinajstić information content (AvgIpc) is 2.56. The number of rotatable bonds is 8. The van der Waals surface area contributed by atoms with E-state index in [0.717, 1.165) is 43.7 Å². The van der Waals surface area contributed by atoms with Crippen LogP contribution >= 0.6 is 0 Å². The first kappa shape index (κ1) is 20.9. The Kier molecular flexibility index (Phi) is 7.66. The summed E-state index contributed by atoms with van der Waals surface area (Å²) in [5, 5.41) is 0. The third-order valence-corrected chi connectivity index (χ3v) is 5.46. The van der Waals surface area contributed by atoms with Crippen LogP contribution in [0.15, 0.2) is 24.8 Å². The molecule has 1 fully saturated rings. The average molecular weight is 374 g/mol. The molecule has 0 nitrogen and oxygen atoms in total. The molecule has 0 heterocycles. The highest BCUT2D eigenvalue weighted by molar-refractivity contribution is 5.28. The molecule has 1 aliphatic rings. The molecule has 2 rings (SSSR count). The number of aryl methyl sites for hydroxylation is 1. The van der Waals surface area contributed by atoms with E-state index < -0.39 is 23.4 Å². The van der Waals surface area contributed by atoms with Crippen molar-refractivity contribution in [1.29, 1.82) is 0 Å². The Hall–Kier alpha value is -1.39. The van der Waals surface area contributed by atoms with Crippen molar-refractivity contribution in [3.05, 3.63) is 47.5 Å². The molecule has 1 aliphatic carbocycles. The number of benzene rings is 1. The van der Waals surface area contributed by atoms with E-state index in [1.54, 1.807) is 0 Å². The number of hydrogen-bond donors (Lipinski definition) is 0. The molecule has 1 saturated carbocycles. The van der Waals surface area contributed by atoms with Gasteiger partial charge >= 0.3 is 6.18 Å². The van der Waals surface area contributed by atoms with E-state index in [1.807, 2.05) is 6.08 Å². The van der Waals surface area contributed by atoms with Crippen molar-refractivity contribution in [3.8, 4) is 0 Å². The van der Waals surface area contributed by atoms with Gasteiger partial charge in [-0.15, -0.1) is 6.58 Å². The van der Waals surface area contributed by atoms with Gasteiger partial charge in [-0.05, 0) is 55.2 Å². The van der Waals surface area contributed by atoms with Gasteiger partial charge in [-0.1, -0.05) is 44.6 Å². The quantitative estimate of drug-likeness (QED) is 0.251. The highest BCUT2D eigenvalue weighted by atomic mass is 19.4. The molecule has 0 aromatic heterocycles. The zero-order chi connectivity index (χ0) is 19.2. The van der Waals surface area contributed by atoms with Gasteiger partial charge in [0.05, 0.1) is 0 Å². The fourth-order valence-corrected chi connectivity index (χ4v) is 3.94. The molecule has 0 N–H and O–H groups in total. The van der Waals surface area contributed by atoms with E-state index in [9.17, 15) is 22.0 Å². The van der Waals surface area contributed by atoms with E-state index in [2.05, 4.69) is 6.58 Å². The van der Waals surface area contributed by atoms with Crippen molar-refractivity contribution in [3.63, 3.8) is 0 Å². The molecule has 0 amide bonds. The topological polar surface area (TPSA) is 0 Å². The Balaban J connectivity index is 1.79. The highest BCUT2D eigenvalue weighted by Crippen LogP contribution is 2.36. The monoisotopic (exact) mass is 374 g/mol. The molecule has 146 valence electrons. The molecular formula is C21H27F5. The second-order valence-corrected chi connectivity index (χ2v) is 7.43. The second kappa shape index (κ2) is 9.52. The van der Waals surface area contributed by atoms with Gasteiger partial charge in [-0.3, -0.25) is 0 Å². The first-order chi connectivity index (χ1) is 12.3. The Morgan fingerprint density at radius 3 is 1.96 bits per heavy atom. The predicted molar refractivity (Wildman–Crippen MR) is 93.8 cm³/mol. The second-order valence-electron chi connectivity index (χ2n) is 7.43. The van der Waals surface area contributed by atoms with Crippen molar-refractivity contribution in [2.75, 3.05) is 0 Å². The predicted octanol–water partition coefficient (Wildman–Crippen LogP) is 7.47. The summed E-state index contributed by atoms with van der Waals surface area (Å²) >= 11 is 0. The summed E-state index contributed by atoms with van der Waals surface area (Å²) in [4.78, 5) is 0. The maximum atomic E-state index is 13.6. The van der Waals surface area contributed by atoms with E-state index in [0.29, 0.717) is 17.9 Å². The normalized spacial score (nSPS) is 21.0. The van der Waals surface area contributed by atoms with Gasteiger partial charge in [-0.25, -0.2) is 8.78 Å². The van der Waals surface area contributed by atoms with Gasteiger partial charge in [-0.2, -0.15) is 13.2 Å². The van der Waals surface area contributed by atoms with Crippen LogP contribution in [0, 0.1) is 23.5 Å². The summed E-state index contributed by atoms with van der Waals surface area (Å²) in [6.07, 6.45) is 7.40. The van der Waals surface area contributed by atoms with Gasteiger partial charge in [0.15, 0.2) is 0 Å². The van der Waals surface area contributed by atoms with E-state index >= 15 is 0 Å². The molecule has 0 spiro atoms. The molecule has 0 radical (unpaired) electrons. The van der Waals surface area contributed by atoms with Crippen LogP contribution in [0.25, 0.3) is 0 Å². The number of unbranched alkanes of at least 4 members (excludes halogenated alkanes) is 2. The third-order valence-electron chi connectivity index (χ3n) is 5.46. The molecule has 0 saturated heterocycles. The Morgan fingerprint density at radius 1 is 0.923 bits per heavy atom. The molecule has 5 heteroatoms. The summed E-state index contributed by atoms with van der Waals surface area (Å²) in [7, 11) is 0. The van der Waals surface area contributed by atoms with Crippen LogP contribution in [0.5, 0.6) is 0 Å². The zero-order valence-corrected chi connectivity index (χ0v) is 15.1. The first-order valence-corrected chi connectivity index (χ1v) is 9.47. The lowest BCUT2D eigenvalue weighted by Crippen LogP contribution is -2.16. The van der Waals surface area contributed by atoms with Crippen LogP contribution < -0.4 is 0 Å².